The van der Waals surface area contributed by atoms with E-state index in [1.807, 2.05) is 32.2 Å². The summed E-state index contributed by atoms with van der Waals surface area (Å²) in [6, 6.07) is 3.86. The first-order valence-electron chi connectivity index (χ1n) is 5.57. The van der Waals surface area contributed by atoms with Gasteiger partial charge in [-0.15, -0.1) is 5.10 Å². The van der Waals surface area contributed by atoms with Gasteiger partial charge >= 0.3 is 0 Å². The molecule has 0 aromatic carbocycles. The molecule has 0 aliphatic carbocycles. The van der Waals surface area contributed by atoms with E-state index < -0.39 is 0 Å². The lowest BCUT2D eigenvalue weighted by Crippen LogP contribution is -2.20. The third-order valence-corrected chi connectivity index (χ3v) is 2.93. The summed E-state index contributed by atoms with van der Waals surface area (Å²) in [5.74, 6) is 0.614. The number of hydrogen-bond acceptors (Lipinski definition) is 4. The molecule has 92 valence electrons. The zero-order valence-electron chi connectivity index (χ0n) is 9.85. The number of pyridine rings is 1. The number of fused-ring (bicyclic) bond motifs is 1. The standard InChI is InChI=1S/C11H15BrN4O/c1-3-17-8(2)7-13-11-14-10-9(12)5-4-6-16(10)15-11/h4-6,8H,3,7H2,1-2H3,(H,13,15). The monoisotopic (exact) mass is 298 g/mol. The van der Waals surface area contributed by atoms with Gasteiger partial charge in [0.05, 0.1) is 10.6 Å². The summed E-state index contributed by atoms with van der Waals surface area (Å²) in [7, 11) is 0. The van der Waals surface area contributed by atoms with E-state index in [0.717, 1.165) is 10.1 Å². The second kappa shape index (κ2) is 5.46. The molecular weight excluding hydrogens is 284 g/mol. The van der Waals surface area contributed by atoms with Crippen molar-refractivity contribution < 1.29 is 4.74 Å². The van der Waals surface area contributed by atoms with Crippen molar-refractivity contribution in [3.05, 3.63) is 22.8 Å². The molecule has 0 saturated carbocycles. The Hall–Kier alpha value is -1.14. The molecule has 1 atom stereocenters. The third-order valence-electron chi connectivity index (χ3n) is 2.31. The maximum atomic E-state index is 5.43. The Morgan fingerprint density at radius 2 is 2.41 bits per heavy atom. The van der Waals surface area contributed by atoms with Crippen LogP contribution in [0.2, 0.25) is 0 Å². The van der Waals surface area contributed by atoms with Crippen molar-refractivity contribution in [2.45, 2.75) is 20.0 Å². The number of aromatic nitrogens is 3. The molecule has 17 heavy (non-hydrogen) atoms. The molecule has 5 nitrogen and oxygen atoms in total. The van der Waals surface area contributed by atoms with Gasteiger partial charge < -0.3 is 10.1 Å². The first-order chi connectivity index (χ1) is 8.20. The normalized spacial score (nSPS) is 12.9. The summed E-state index contributed by atoms with van der Waals surface area (Å²) >= 11 is 3.44. The number of nitrogens with one attached hydrogen (secondary N) is 1. The van der Waals surface area contributed by atoms with Gasteiger partial charge in [0, 0.05) is 19.3 Å². The lowest BCUT2D eigenvalue weighted by Gasteiger charge is -2.10. The molecule has 2 heterocycles. The van der Waals surface area contributed by atoms with Crippen LogP contribution in [0.25, 0.3) is 5.65 Å². The highest BCUT2D eigenvalue weighted by molar-refractivity contribution is 9.10. The van der Waals surface area contributed by atoms with Crippen LogP contribution < -0.4 is 5.32 Å². The van der Waals surface area contributed by atoms with Crippen LogP contribution in [0.4, 0.5) is 5.95 Å². The van der Waals surface area contributed by atoms with E-state index in [2.05, 4.69) is 31.3 Å². The molecule has 2 rings (SSSR count). The number of halogens is 1. The Morgan fingerprint density at radius 1 is 1.59 bits per heavy atom. The maximum absolute atomic E-state index is 5.43. The topological polar surface area (TPSA) is 51.5 Å². The van der Waals surface area contributed by atoms with Crippen LogP contribution in [0.5, 0.6) is 0 Å². The fourth-order valence-electron chi connectivity index (χ4n) is 1.53. The van der Waals surface area contributed by atoms with Crippen molar-refractivity contribution in [3.8, 4) is 0 Å². The first-order valence-corrected chi connectivity index (χ1v) is 6.36. The van der Waals surface area contributed by atoms with Crippen molar-refractivity contribution in [2.24, 2.45) is 0 Å². The van der Waals surface area contributed by atoms with E-state index >= 15 is 0 Å². The molecule has 1 N–H and O–H groups in total. The molecule has 1 unspecified atom stereocenters. The molecule has 0 spiro atoms. The van der Waals surface area contributed by atoms with Gasteiger partial charge in [0.25, 0.3) is 0 Å². The molecule has 0 amide bonds. The Kier molecular flexibility index (Phi) is 3.96. The highest BCUT2D eigenvalue weighted by Crippen LogP contribution is 2.16. The molecule has 2 aromatic rings. The number of rotatable bonds is 5. The van der Waals surface area contributed by atoms with Crippen molar-refractivity contribution in [2.75, 3.05) is 18.5 Å². The minimum absolute atomic E-state index is 0.148. The van der Waals surface area contributed by atoms with Crippen LogP contribution in [0.3, 0.4) is 0 Å². The fourth-order valence-corrected chi connectivity index (χ4v) is 1.95. The first kappa shape index (κ1) is 12.3. The Balaban J connectivity index is 2.07. The highest BCUT2D eigenvalue weighted by Gasteiger charge is 2.07. The summed E-state index contributed by atoms with van der Waals surface area (Å²) in [4.78, 5) is 4.38. The summed E-state index contributed by atoms with van der Waals surface area (Å²) in [5, 5.41) is 7.47. The molecule has 0 fully saturated rings. The van der Waals surface area contributed by atoms with E-state index in [-0.39, 0.29) is 6.10 Å². The number of anilines is 1. The van der Waals surface area contributed by atoms with Crippen molar-refractivity contribution in [1.82, 2.24) is 14.6 Å². The van der Waals surface area contributed by atoms with Crippen LogP contribution in [-0.2, 0) is 4.74 Å². The summed E-state index contributed by atoms with van der Waals surface area (Å²) in [6.07, 6.45) is 2.01. The zero-order chi connectivity index (χ0) is 12.3. The molecule has 2 aromatic heterocycles. The Bertz CT molecular complexity index is 499. The van der Waals surface area contributed by atoms with Gasteiger partial charge in [-0.3, -0.25) is 0 Å². The minimum atomic E-state index is 0.148. The van der Waals surface area contributed by atoms with Crippen LogP contribution in [0.1, 0.15) is 13.8 Å². The fraction of sp³-hybridized carbons (Fsp3) is 0.455. The molecule has 0 bridgehead atoms. The highest BCUT2D eigenvalue weighted by atomic mass is 79.9. The number of ether oxygens (including phenoxy) is 1. The van der Waals surface area contributed by atoms with Gasteiger partial charge in [0.1, 0.15) is 0 Å². The van der Waals surface area contributed by atoms with Crippen molar-refractivity contribution in [1.29, 1.82) is 0 Å². The van der Waals surface area contributed by atoms with E-state index in [1.165, 1.54) is 0 Å². The SMILES string of the molecule is CCOC(C)CNc1nc2c(Br)cccn2n1. The van der Waals surface area contributed by atoms with E-state index in [0.29, 0.717) is 19.1 Å². The smallest absolute Gasteiger partial charge is 0.243 e. The maximum Gasteiger partial charge on any atom is 0.243 e. The zero-order valence-corrected chi connectivity index (χ0v) is 11.4. The molecule has 0 aliphatic heterocycles. The number of hydrogen-bond donors (Lipinski definition) is 1. The number of nitrogens with zero attached hydrogens (tertiary/aromatic N) is 3. The van der Waals surface area contributed by atoms with E-state index in [1.54, 1.807) is 4.52 Å². The largest absolute Gasteiger partial charge is 0.377 e. The Morgan fingerprint density at radius 3 is 3.12 bits per heavy atom. The van der Waals surface area contributed by atoms with E-state index in [4.69, 9.17) is 4.74 Å². The second-order valence-electron chi connectivity index (χ2n) is 3.71. The molecular formula is C11H15BrN4O. The van der Waals surface area contributed by atoms with Crippen molar-refractivity contribution in [3.63, 3.8) is 0 Å². The molecule has 0 radical (unpaired) electrons. The molecule has 0 aliphatic rings. The van der Waals surface area contributed by atoms with E-state index in [9.17, 15) is 0 Å². The van der Waals surface area contributed by atoms with Gasteiger partial charge in [-0.2, -0.15) is 4.98 Å². The van der Waals surface area contributed by atoms with Gasteiger partial charge in [-0.1, -0.05) is 0 Å². The average Bonchev–Trinajstić information content (AvgIpc) is 2.71. The summed E-state index contributed by atoms with van der Waals surface area (Å²) in [6.45, 7) is 5.41. The lowest BCUT2D eigenvalue weighted by molar-refractivity contribution is 0.0854. The second-order valence-corrected chi connectivity index (χ2v) is 4.56. The summed E-state index contributed by atoms with van der Waals surface area (Å²) < 4.78 is 8.09. The van der Waals surface area contributed by atoms with Crippen LogP contribution in [0, 0.1) is 0 Å². The Labute approximate surface area is 108 Å². The quantitative estimate of drug-likeness (QED) is 0.920. The van der Waals surface area contributed by atoms with Crippen molar-refractivity contribution >= 4 is 27.5 Å². The average molecular weight is 299 g/mol. The van der Waals surface area contributed by atoms with Gasteiger partial charge in [-0.05, 0) is 41.9 Å². The summed E-state index contributed by atoms with van der Waals surface area (Å²) in [5.41, 5.74) is 0.805. The molecule has 0 saturated heterocycles. The van der Waals surface area contributed by atoms with Crippen LogP contribution in [-0.4, -0.2) is 33.9 Å². The van der Waals surface area contributed by atoms with Gasteiger partial charge in [0.2, 0.25) is 5.95 Å². The third kappa shape index (κ3) is 2.95. The van der Waals surface area contributed by atoms with Gasteiger partial charge in [0.15, 0.2) is 5.65 Å². The minimum Gasteiger partial charge on any atom is -0.377 e. The molecule has 6 heteroatoms. The van der Waals surface area contributed by atoms with Crippen LogP contribution in [0.15, 0.2) is 22.8 Å². The van der Waals surface area contributed by atoms with Gasteiger partial charge in [-0.25, -0.2) is 4.52 Å². The lowest BCUT2D eigenvalue weighted by atomic mass is 10.4. The van der Waals surface area contributed by atoms with Crippen LogP contribution >= 0.6 is 15.9 Å². The predicted octanol–water partition coefficient (Wildman–Crippen LogP) is 2.33. The predicted molar refractivity (Wildman–Crippen MR) is 70.3 cm³/mol.